The van der Waals surface area contributed by atoms with Crippen LogP contribution in [0.25, 0.3) is 0 Å². The monoisotopic (exact) mass is 346 g/mol. The van der Waals surface area contributed by atoms with Crippen LogP contribution in [0, 0.1) is 0 Å². The summed E-state index contributed by atoms with van der Waals surface area (Å²) in [5.74, 6) is 0.731. The first-order chi connectivity index (χ1) is 11.6. The number of rotatable bonds is 6. The number of carbonyl (C=O) groups excluding carboxylic acids is 2. The lowest BCUT2D eigenvalue weighted by molar-refractivity contribution is 0.0917. The van der Waals surface area contributed by atoms with E-state index in [2.05, 4.69) is 10.2 Å². The molecule has 1 unspecified atom stereocenters. The lowest BCUT2D eigenvalue weighted by Gasteiger charge is -2.33. The molecule has 5 nitrogen and oxygen atoms in total. The van der Waals surface area contributed by atoms with E-state index in [-0.39, 0.29) is 17.7 Å². The summed E-state index contributed by atoms with van der Waals surface area (Å²) in [6.07, 6.45) is 5.29. The fourth-order valence-corrected chi connectivity index (χ4v) is 3.86. The second-order valence-corrected chi connectivity index (χ2v) is 7.14. The van der Waals surface area contributed by atoms with Crippen molar-refractivity contribution in [2.24, 2.45) is 0 Å². The van der Waals surface area contributed by atoms with Crippen LogP contribution in [-0.2, 0) is 0 Å². The average molecular weight is 346 g/mol. The molecule has 1 N–H and O–H groups in total. The minimum atomic E-state index is -0.138. The highest BCUT2D eigenvalue weighted by molar-refractivity contribution is 7.15. The molecule has 2 aromatic rings. The van der Waals surface area contributed by atoms with E-state index >= 15 is 0 Å². The number of thiophene rings is 1. The number of carbonyl (C=O) groups is 2. The number of hydrogen-bond donors (Lipinski definition) is 1. The minimum Gasteiger partial charge on any atom is -0.468 e. The third kappa shape index (κ3) is 3.94. The zero-order chi connectivity index (χ0) is 16.9. The molecule has 2 aromatic heterocycles. The summed E-state index contributed by atoms with van der Waals surface area (Å²) in [5, 5.41) is 3.00. The number of piperidine rings is 1. The molecule has 3 rings (SSSR count). The molecule has 128 valence electrons. The van der Waals surface area contributed by atoms with E-state index in [0.29, 0.717) is 16.3 Å². The van der Waals surface area contributed by atoms with E-state index in [9.17, 15) is 9.59 Å². The van der Waals surface area contributed by atoms with Gasteiger partial charge in [-0.2, -0.15) is 0 Å². The number of Topliss-reactive ketones (excluding diaryl/α,β-unsaturated/α-hetero) is 1. The molecule has 0 spiro atoms. The molecule has 6 heteroatoms. The van der Waals surface area contributed by atoms with Gasteiger partial charge in [0.25, 0.3) is 5.91 Å². The quantitative estimate of drug-likeness (QED) is 0.813. The Kier molecular flexibility index (Phi) is 5.48. The number of likely N-dealkylation sites (tertiary alicyclic amines) is 1. The Balaban J connectivity index is 1.66. The molecule has 1 atom stereocenters. The number of nitrogens with zero attached hydrogens (tertiary/aromatic N) is 1. The first-order valence-corrected chi connectivity index (χ1v) is 9.13. The number of furan rings is 1. The smallest absolute Gasteiger partial charge is 0.261 e. The Labute approximate surface area is 145 Å². The van der Waals surface area contributed by atoms with Crippen molar-refractivity contribution in [3.8, 4) is 0 Å². The van der Waals surface area contributed by atoms with E-state index in [0.717, 1.165) is 18.8 Å². The molecule has 24 heavy (non-hydrogen) atoms. The van der Waals surface area contributed by atoms with Crippen molar-refractivity contribution in [3.63, 3.8) is 0 Å². The lowest BCUT2D eigenvalue weighted by Crippen LogP contribution is -2.40. The zero-order valence-corrected chi connectivity index (χ0v) is 14.6. The van der Waals surface area contributed by atoms with Crippen LogP contribution in [0.2, 0.25) is 0 Å². The van der Waals surface area contributed by atoms with Gasteiger partial charge in [0.05, 0.1) is 22.1 Å². The van der Waals surface area contributed by atoms with Crippen molar-refractivity contribution in [3.05, 3.63) is 46.0 Å². The van der Waals surface area contributed by atoms with Crippen molar-refractivity contribution in [2.75, 3.05) is 19.6 Å². The van der Waals surface area contributed by atoms with Crippen molar-refractivity contribution in [2.45, 2.75) is 32.2 Å². The summed E-state index contributed by atoms with van der Waals surface area (Å²) in [7, 11) is 0. The van der Waals surface area contributed by atoms with E-state index in [1.54, 1.807) is 18.4 Å². The summed E-state index contributed by atoms with van der Waals surface area (Å²) >= 11 is 1.24. The van der Waals surface area contributed by atoms with Gasteiger partial charge in [0.15, 0.2) is 5.78 Å². The van der Waals surface area contributed by atoms with Gasteiger partial charge in [-0.05, 0) is 57.1 Å². The van der Waals surface area contributed by atoms with Crippen LogP contribution in [0.4, 0.5) is 0 Å². The second-order valence-electron chi connectivity index (χ2n) is 6.06. The number of ketones is 1. The van der Waals surface area contributed by atoms with Gasteiger partial charge < -0.3 is 9.73 Å². The minimum absolute atomic E-state index is 0.0131. The van der Waals surface area contributed by atoms with Crippen LogP contribution >= 0.6 is 11.3 Å². The molecule has 1 aliphatic heterocycles. The predicted octanol–water partition coefficient (Wildman–Crippen LogP) is 3.50. The van der Waals surface area contributed by atoms with E-state index in [1.165, 1.54) is 37.5 Å². The average Bonchev–Trinajstić information content (AvgIpc) is 3.28. The second kappa shape index (κ2) is 7.77. The molecule has 1 amide bonds. The molecule has 0 aromatic carbocycles. The van der Waals surface area contributed by atoms with Crippen LogP contribution in [0.5, 0.6) is 0 Å². The Morgan fingerprint density at radius 3 is 2.58 bits per heavy atom. The van der Waals surface area contributed by atoms with Gasteiger partial charge in [0.2, 0.25) is 0 Å². The van der Waals surface area contributed by atoms with Crippen LogP contribution in [0.15, 0.2) is 34.9 Å². The first kappa shape index (κ1) is 16.9. The molecule has 1 saturated heterocycles. The Morgan fingerprint density at radius 1 is 1.21 bits per heavy atom. The highest BCUT2D eigenvalue weighted by Gasteiger charge is 2.25. The summed E-state index contributed by atoms with van der Waals surface area (Å²) < 4.78 is 5.59. The van der Waals surface area contributed by atoms with Crippen LogP contribution in [0.1, 0.15) is 57.3 Å². The van der Waals surface area contributed by atoms with E-state index in [4.69, 9.17) is 4.42 Å². The topological polar surface area (TPSA) is 62.6 Å². The van der Waals surface area contributed by atoms with Crippen LogP contribution in [0.3, 0.4) is 0 Å². The van der Waals surface area contributed by atoms with Gasteiger partial charge >= 0.3 is 0 Å². The lowest BCUT2D eigenvalue weighted by atomic mass is 10.1. The summed E-state index contributed by atoms with van der Waals surface area (Å²) in [5.41, 5.74) is 0. The highest BCUT2D eigenvalue weighted by atomic mass is 32.1. The molecule has 3 heterocycles. The summed E-state index contributed by atoms with van der Waals surface area (Å²) in [6.45, 7) is 4.06. The summed E-state index contributed by atoms with van der Waals surface area (Å²) in [4.78, 5) is 27.3. The van der Waals surface area contributed by atoms with E-state index in [1.807, 2.05) is 12.1 Å². The van der Waals surface area contributed by atoms with Gasteiger partial charge in [-0.3, -0.25) is 14.5 Å². The molecule has 0 aliphatic carbocycles. The highest BCUT2D eigenvalue weighted by Crippen LogP contribution is 2.25. The van der Waals surface area contributed by atoms with Gasteiger partial charge in [-0.1, -0.05) is 6.42 Å². The summed E-state index contributed by atoms with van der Waals surface area (Å²) in [6, 6.07) is 7.31. The Hall–Kier alpha value is -1.92. The van der Waals surface area contributed by atoms with Crippen molar-refractivity contribution in [1.82, 2.24) is 10.2 Å². The largest absolute Gasteiger partial charge is 0.468 e. The fourth-order valence-electron chi connectivity index (χ4n) is 3.05. The Morgan fingerprint density at radius 2 is 1.96 bits per heavy atom. The standard InChI is InChI=1S/C18H22N2O3S/c1-13(21)16-7-8-17(24-16)18(22)19-12-14(15-6-5-11-23-15)20-9-3-2-4-10-20/h5-8,11,14H,2-4,9-10,12H2,1H3,(H,19,22). The maximum atomic E-state index is 12.4. The van der Waals surface area contributed by atoms with Crippen molar-refractivity contribution >= 4 is 23.0 Å². The predicted molar refractivity (Wildman–Crippen MR) is 93.5 cm³/mol. The molecular formula is C18H22N2O3S. The molecule has 1 fully saturated rings. The maximum absolute atomic E-state index is 12.4. The number of nitrogens with one attached hydrogen (secondary N) is 1. The normalized spacial score (nSPS) is 16.7. The molecule has 0 radical (unpaired) electrons. The third-order valence-corrected chi connectivity index (χ3v) is 5.52. The van der Waals surface area contributed by atoms with Gasteiger partial charge in [0, 0.05) is 6.54 Å². The molecular weight excluding hydrogens is 324 g/mol. The molecule has 1 aliphatic rings. The molecule has 0 saturated carbocycles. The number of hydrogen-bond acceptors (Lipinski definition) is 5. The van der Waals surface area contributed by atoms with Crippen molar-refractivity contribution in [1.29, 1.82) is 0 Å². The third-order valence-electron chi connectivity index (χ3n) is 4.34. The number of amides is 1. The molecule has 0 bridgehead atoms. The van der Waals surface area contributed by atoms with Crippen LogP contribution < -0.4 is 5.32 Å². The SMILES string of the molecule is CC(=O)c1ccc(C(=O)NCC(c2ccco2)N2CCCCC2)s1. The maximum Gasteiger partial charge on any atom is 0.261 e. The van der Waals surface area contributed by atoms with Gasteiger partial charge in [-0.15, -0.1) is 11.3 Å². The fraction of sp³-hybridized carbons (Fsp3) is 0.444. The van der Waals surface area contributed by atoms with E-state index < -0.39 is 0 Å². The first-order valence-electron chi connectivity index (χ1n) is 8.31. The van der Waals surface area contributed by atoms with Crippen LogP contribution in [-0.4, -0.2) is 36.2 Å². The van der Waals surface area contributed by atoms with Gasteiger partial charge in [0.1, 0.15) is 5.76 Å². The van der Waals surface area contributed by atoms with Gasteiger partial charge in [-0.25, -0.2) is 0 Å². The Bertz CT molecular complexity index is 687. The zero-order valence-electron chi connectivity index (χ0n) is 13.8. The van der Waals surface area contributed by atoms with Crippen molar-refractivity contribution < 1.29 is 14.0 Å².